The molecule has 0 saturated heterocycles. The van der Waals surface area contributed by atoms with Gasteiger partial charge in [-0.05, 0) is 41.4 Å². The molecule has 1 unspecified atom stereocenters. The Labute approximate surface area is 128 Å². The second-order valence-electron chi connectivity index (χ2n) is 6.53. The quantitative estimate of drug-likeness (QED) is 0.823. The Hall–Kier alpha value is -1.60. The molecule has 21 heavy (non-hydrogen) atoms. The summed E-state index contributed by atoms with van der Waals surface area (Å²) in [6.07, 6.45) is 5.23. The number of rotatable bonds is 3. The molecule has 0 amide bonds. The van der Waals surface area contributed by atoms with E-state index in [1.165, 1.54) is 42.4 Å². The molecule has 1 nitrogen and oxygen atoms in total. The van der Waals surface area contributed by atoms with Gasteiger partial charge in [-0.2, -0.15) is 0 Å². The molecule has 0 spiro atoms. The molecular formula is C20H25N. The minimum atomic E-state index is 0.197. The van der Waals surface area contributed by atoms with Crippen LogP contribution in [0.3, 0.4) is 0 Å². The SMILES string of the molecule is CC1CCC(C(N)c2ccc(-c3ccccc3)cc2)CC1. The molecule has 2 aromatic carbocycles. The number of hydrogen-bond acceptors (Lipinski definition) is 1. The van der Waals surface area contributed by atoms with Crippen molar-refractivity contribution in [1.29, 1.82) is 0 Å². The monoisotopic (exact) mass is 279 g/mol. The molecule has 1 heteroatoms. The Balaban J connectivity index is 1.72. The lowest BCUT2D eigenvalue weighted by Gasteiger charge is -2.30. The van der Waals surface area contributed by atoms with Gasteiger partial charge in [0, 0.05) is 6.04 Å². The van der Waals surface area contributed by atoms with Gasteiger partial charge in [0.1, 0.15) is 0 Å². The summed E-state index contributed by atoms with van der Waals surface area (Å²) < 4.78 is 0. The summed E-state index contributed by atoms with van der Waals surface area (Å²) in [6, 6.07) is 19.5. The molecule has 1 aliphatic carbocycles. The minimum absolute atomic E-state index is 0.197. The van der Waals surface area contributed by atoms with Gasteiger partial charge in [-0.3, -0.25) is 0 Å². The van der Waals surface area contributed by atoms with Crippen molar-refractivity contribution >= 4 is 0 Å². The van der Waals surface area contributed by atoms with E-state index < -0.39 is 0 Å². The zero-order chi connectivity index (χ0) is 14.7. The molecule has 0 heterocycles. The Morgan fingerprint density at radius 3 is 2.00 bits per heavy atom. The topological polar surface area (TPSA) is 26.0 Å². The lowest BCUT2D eigenvalue weighted by Crippen LogP contribution is -2.25. The van der Waals surface area contributed by atoms with Gasteiger partial charge in [-0.15, -0.1) is 0 Å². The number of hydrogen-bond donors (Lipinski definition) is 1. The van der Waals surface area contributed by atoms with Crippen LogP contribution in [-0.2, 0) is 0 Å². The van der Waals surface area contributed by atoms with Crippen LogP contribution in [0.4, 0.5) is 0 Å². The zero-order valence-electron chi connectivity index (χ0n) is 12.8. The van der Waals surface area contributed by atoms with Crippen molar-refractivity contribution in [2.45, 2.75) is 38.6 Å². The maximum atomic E-state index is 6.50. The van der Waals surface area contributed by atoms with Gasteiger partial charge >= 0.3 is 0 Å². The number of benzene rings is 2. The summed E-state index contributed by atoms with van der Waals surface area (Å²) in [7, 11) is 0. The van der Waals surface area contributed by atoms with E-state index in [0.29, 0.717) is 5.92 Å². The molecule has 1 fully saturated rings. The van der Waals surface area contributed by atoms with Crippen molar-refractivity contribution in [2.24, 2.45) is 17.6 Å². The van der Waals surface area contributed by atoms with Crippen LogP contribution in [-0.4, -0.2) is 0 Å². The van der Waals surface area contributed by atoms with E-state index in [0.717, 1.165) is 5.92 Å². The fourth-order valence-electron chi connectivity index (χ4n) is 3.45. The standard InChI is InChI=1S/C20H25N/c1-15-7-9-18(10-8-15)20(21)19-13-11-17(12-14-19)16-5-3-2-4-6-16/h2-6,11-15,18,20H,7-10,21H2,1H3. The first-order valence-electron chi connectivity index (χ1n) is 8.15. The molecule has 1 saturated carbocycles. The lowest BCUT2D eigenvalue weighted by atomic mass is 9.77. The van der Waals surface area contributed by atoms with Crippen molar-refractivity contribution in [1.82, 2.24) is 0 Å². The van der Waals surface area contributed by atoms with Crippen molar-refractivity contribution in [3.63, 3.8) is 0 Å². The molecule has 110 valence electrons. The molecule has 3 rings (SSSR count). The van der Waals surface area contributed by atoms with Crippen molar-refractivity contribution in [3.05, 3.63) is 60.2 Å². The molecule has 0 aromatic heterocycles. The third kappa shape index (κ3) is 3.36. The fourth-order valence-corrected chi connectivity index (χ4v) is 3.45. The Morgan fingerprint density at radius 2 is 1.38 bits per heavy atom. The highest BCUT2D eigenvalue weighted by molar-refractivity contribution is 5.63. The van der Waals surface area contributed by atoms with E-state index in [-0.39, 0.29) is 6.04 Å². The normalized spacial score (nSPS) is 23.7. The van der Waals surface area contributed by atoms with Gasteiger partial charge < -0.3 is 5.73 Å². The van der Waals surface area contributed by atoms with E-state index in [1.54, 1.807) is 0 Å². The molecule has 2 N–H and O–H groups in total. The molecular weight excluding hydrogens is 254 g/mol. The van der Waals surface area contributed by atoms with E-state index in [9.17, 15) is 0 Å². The summed E-state index contributed by atoms with van der Waals surface area (Å²) in [6.45, 7) is 2.36. The molecule has 1 atom stereocenters. The highest BCUT2D eigenvalue weighted by Crippen LogP contribution is 2.35. The predicted molar refractivity (Wildman–Crippen MR) is 89.9 cm³/mol. The molecule has 0 radical (unpaired) electrons. The van der Waals surface area contributed by atoms with Crippen molar-refractivity contribution in [2.75, 3.05) is 0 Å². The van der Waals surface area contributed by atoms with E-state index >= 15 is 0 Å². The smallest absolute Gasteiger partial charge is 0.0323 e. The van der Waals surface area contributed by atoms with Crippen LogP contribution < -0.4 is 5.73 Å². The van der Waals surface area contributed by atoms with Gasteiger partial charge in [-0.1, -0.05) is 74.4 Å². The van der Waals surface area contributed by atoms with Gasteiger partial charge in [-0.25, -0.2) is 0 Å². The van der Waals surface area contributed by atoms with Crippen LogP contribution >= 0.6 is 0 Å². The van der Waals surface area contributed by atoms with Crippen LogP contribution in [0.25, 0.3) is 11.1 Å². The average molecular weight is 279 g/mol. The minimum Gasteiger partial charge on any atom is -0.324 e. The largest absolute Gasteiger partial charge is 0.324 e. The first-order chi connectivity index (χ1) is 10.2. The van der Waals surface area contributed by atoms with Crippen LogP contribution in [0.15, 0.2) is 54.6 Å². The predicted octanol–water partition coefficient (Wildman–Crippen LogP) is 5.18. The third-order valence-corrected chi connectivity index (χ3v) is 4.97. The first-order valence-corrected chi connectivity index (χ1v) is 8.15. The maximum absolute atomic E-state index is 6.50. The Bertz CT molecular complexity index is 550. The highest BCUT2D eigenvalue weighted by Gasteiger charge is 2.24. The third-order valence-electron chi connectivity index (χ3n) is 4.97. The molecule has 0 bridgehead atoms. The Morgan fingerprint density at radius 1 is 0.810 bits per heavy atom. The van der Waals surface area contributed by atoms with Gasteiger partial charge in [0.15, 0.2) is 0 Å². The van der Waals surface area contributed by atoms with Gasteiger partial charge in [0.2, 0.25) is 0 Å². The lowest BCUT2D eigenvalue weighted by molar-refractivity contribution is 0.256. The summed E-state index contributed by atoms with van der Waals surface area (Å²) in [5, 5.41) is 0. The van der Waals surface area contributed by atoms with Gasteiger partial charge in [0.05, 0.1) is 0 Å². The van der Waals surface area contributed by atoms with Crippen LogP contribution in [0.2, 0.25) is 0 Å². The Kier molecular flexibility index (Phi) is 4.40. The van der Waals surface area contributed by atoms with E-state index in [2.05, 4.69) is 61.5 Å². The summed E-state index contributed by atoms with van der Waals surface area (Å²) in [4.78, 5) is 0. The van der Waals surface area contributed by atoms with Crippen molar-refractivity contribution in [3.8, 4) is 11.1 Å². The fraction of sp³-hybridized carbons (Fsp3) is 0.400. The second-order valence-corrected chi connectivity index (χ2v) is 6.53. The zero-order valence-corrected chi connectivity index (χ0v) is 12.8. The van der Waals surface area contributed by atoms with E-state index in [1.807, 2.05) is 0 Å². The second kappa shape index (κ2) is 6.44. The molecule has 1 aliphatic rings. The molecule has 2 aromatic rings. The summed E-state index contributed by atoms with van der Waals surface area (Å²) in [5.41, 5.74) is 10.3. The number of nitrogens with two attached hydrogens (primary N) is 1. The summed E-state index contributed by atoms with van der Waals surface area (Å²) >= 11 is 0. The maximum Gasteiger partial charge on any atom is 0.0323 e. The van der Waals surface area contributed by atoms with Crippen LogP contribution in [0, 0.1) is 11.8 Å². The van der Waals surface area contributed by atoms with Crippen molar-refractivity contribution < 1.29 is 0 Å². The van der Waals surface area contributed by atoms with E-state index in [4.69, 9.17) is 5.73 Å². The highest BCUT2D eigenvalue weighted by atomic mass is 14.7. The average Bonchev–Trinajstić information content (AvgIpc) is 2.56. The molecule has 0 aliphatic heterocycles. The first kappa shape index (κ1) is 14.3. The van der Waals surface area contributed by atoms with Gasteiger partial charge in [0.25, 0.3) is 0 Å². The summed E-state index contributed by atoms with van der Waals surface area (Å²) in [5.74, 6) is 1.54. The van der Waals surface area contributed by atoms with Crippen LogP contribution in [0.1, 0.15) is 44.2 Å². The van der Waals surface area contributed by atoms with Crippen LogP contribution in [0.5, 0.6) is 0 Å².